The number of nitrogens with zero attached hydrogens (tertiary/aromatic N) is 2. The molecule has 0 aliphatic carbocycles. The van der Waals surface area contributed by atoms with Gasteiger partial charge in [-0.05, 0) is 38.5 Å². The molecule has 0 aliphatic rings. The minimum absolute atomic E-state index is 0.774. The molecule has 0 spiro atoms. The first-order valence-corrected chi connectivity index (χ1v) is 5.51. The maximum absolute atomic E-state index is 11.2. The van der Waals surface area contributed by atoms with Gasteiger partial charge in [0.25, 0.3) is 0 Å². The highest BCUT2D eigenvalue weighted by atomic mass is 16.4. The van der Waals surface area contributed by atoms with Gasteiger partial charge < -0.3 is 9.67 Å². The van der Waals surface area contributed by atoms with Crippen LogP contribution in [0.3, 0.4) is 0 Å². The minimum Gasteiger partial charge on any atom is -0.481 e. The zero-order valence-electron chi connectivity index (χ0n) is 10.5. The third-order valence-electron chi connectivity index (χ3n) is 3.36. The molecule has 0 saturated heterocycles. The number of carbonyl (C=O) groups is 1. The second kappa shape index (κ2) is 3.58. The van der Waals surface area contributed by atoms with Crippen LogP contribution in [0, 0.1) is 6.92 Å². The summed E-state index contributed by atoms with van der Waals surface area (Å²) in [5.74, 6) is 0.0924. The van der Waals surface area contributed by atoms with Crippen LogP contribution in [0.15, 0.2) is 18.2 Å². The molecule has 2 rings (SSSR count). The molecule has 2 aromatic rings. The van der Waals surface area contributed by atoms with Gasteiger partial charge in [0.15, 0.2) is 0 Å². The molecule has 0 atom stereocenters. The topological polar surface area (TPSA) is 55.1 Å². The number of aromatic nitrogens is 2. The summed E-state index contributed by atoms with van der Waals surface area (Å²) in [5, 5.41) is 9.20. The quantitative estimate of drug-likeness (QED) is 0.864. The number of aryl methyl sites for hydroxylation is 2. The van der Waals surface area contributed by atoms with Crippen molar-refractivity contribution >= 4 is 17.0 Å². The second-order valence-corrected chi connectivity index (χ2v) is 4.85. The molecule has 0 bridgehead atoms. The number of rotatable bonds is 2. The van der Waals surface area contributed by atoms with E-state index < -0.39 is 11.4 Å². The number of aliphatic carboxylic acids is 1. The average molecular weight is 232 g/mol. The Morgan fingerprint density at radius 1 is 1.41 bits per heavy atom. The van der Waals surface area contributed by atoms with Crippen molar-refractivity contribution in [2.75, 3.05) is 0 Å². The Balaban J connectivity index is 2.63. The van der Waals surface area contributed by atoms with Gasteiger partial charge in [-0.3, -0.25) is 4.79 Å². The number of carboxylic acids is 1. The molecule has 17 heavy (non-hydrogen) atoms. The van der Waals surface area contributed by atoms with Gasteiger partial charge in [-0.1, -0.05) is 6.07 Å². The Bertz CT molecular complexity index is 597. The average Bonchev–Trinajstić information content (AvgIpc) is 2.54. The van der Waals surface area contributed by atoms with Crippen LogP contribution >= 0.6 is 0 Å². The molecule has 1 N–H and O–H groups in total. The van der Waals surface area contributed by atoms with Gasteiger partial charge in [0.1, 0.15) is 5.82 Å². The van der Waals surface area contributed by atoms with Crippen LogP contribution in [0.4, 0.5) is 0 Å². The number of carboxylic acid groups (broad SMARTS) is 1. The van der Waals surface area contributed by atoms with E-state index in [1.807, 2.05) is 36.7 Å². The molecular weight excluding hydrogens is 216 g/mol. The Morgan fingerprint density at radius 3 is 2.65 bits per heavy atom. The molecule has 0 unspecified atom stereocenters. The minimum atomic E-state index is -0.889. The molecule has 4 nitrogen and oxygen atoms in total. The first kappa shape index (κ1) is 11.6. The van der Waals surface area contributed by atoms with Crippen molar-refractivity contribution in [3.63, 3.8) is 0 Å². The van der Waals surface area contributed by atoms with Crippen LogP contribution in [0.5, 0.6) is 0 Å². The van der Waals surface area contributed by atoms with Crippen LogP contribution in [0.25, 0.3) is 11.0 Å². The lowest BCUT2D eigenvalue weighted by Gasteiger charge is -2.19. The van der Waals surface area contributed by atoms with E-state index in [1.165, 1.54) is 0 Å². The summed E-state index contributed by atoms with van der Waals surface area (Å²) in [7, 11) is 1.95. The van der Waals surface area contributed by atoms with Gasteiger partial charge in [-0.25, -0.2) is 4.98 Å². The Labute approximate surface area is 99.9 Å². The van der Waals surface area contributed by atoms with E-state index in [9.17, 15) is 9.90 Å². The summed E-state index contributed by atoms with van der Waals surface area (Å²) in [4.78, 5) is 15.6. The van der Waals surface area contributed by atoms with Gasteiger partial charge in [0, 0.05) is 7.05 Å². The molecule has 0 radical (unpaired) electrons. The predicted molar refractivity (Wildman–Crippen MR) is 66.1 cm³/mol. The van der Waals surface area contributed by atoms with Gasteiger partial charge in [-0.2, -0.15) is 0 Å². The molecule has 1 heterocycles. The van der Waals surface area contributed by atoms with Crippen molar-refractivity contribution < 1.29 is 9.90 Å². The van der Waals surface area contributed by atoms with Gasteiger partial charge in [0.2, 0.25) is 0 Å². The fourth-order valence-corrected chi connectivity index (χ4v) is 1.83. The fraction of sp³-hybridized carbons (Fsp3) is 0.385. The van der Waals surface area contributed by atoms with Crippen LogP contribution in [0.2, 0.25) is 0 Å². The molecule has 1 aromatic carbocycles. The van der Waals surface area contributed by atoms with E-state index in [4.69, 9.17) is 0 Å². The number of imidazole rings is 1. The lowest BCUT2D eigenvalue weighted by molar-refractivity contribution is -0.142. The smallest absolute Gasteiger partial charge is 0.313 e. The van der Waals surface area contributed by atoms with Crippen LogP contribution in [0.1, 0.15) is 25.2 Å². The zero-order chi connectivity index (χ0) is 12.8. The highest BCUT2D eigenvalue weighted by Gasteiger charge is 2.29. The maximum atomic E-state index is 11.2. The van der Waals surface area contributed by atoms with E-state index in [0.29, 0.717) is 0 Å². The lowest BCUT2D eigenvalue weighted by atomic mass is 9.85. The van der Waals surface area contributed by atoms with Crippen molar-refractivity contribution in [1.29, 1.82) is 0 Å². The molecule has 0 fully saturated rings. The summed E-state index contributed by atoms with van der Waals surface area (Å²) in [6.45, 7) is 5.33. The maximum Gasteiger partial charge on any atom is 0.313 e. The van der Waals surface area contributed by atoms with Crippen LogP contribution in [-0.4, -0.2) is 20.6 Å². The van der Waals surface area contributed by atoms with Gasteiger partial charge in [0.05, 0.1) is 16.4 Å². The molecule has 0 saturated carbocycles. The predicted octanol–water partition coefficient (Wildman–Crippen LogP) is 2.24. The third-order valence-corrected chi connectivity index (χ3v) is 3.36. The number of hydrogen-bond donors (Lipinski definition) is 1. The molecule has 1 aromatic heterocycles. The first-order chi connectivity index (χ1) is 7.84. The van der Waals surface area contributed by atoms with E-state index in [1.54, 1.807) is 13.8 Å². The van der Waals surface area contributed by atoms with E-state index >= 15 is 0 Å². The summed E-state index contributed by atoms with van der Waals surface area (Å²) >= 11 is 0. The van der Waals surface area contributed by atoms with E-state index in [2.05, 4.69) is 4.98 Å². The summed E-state index contributed by atoms with van der Waals surface area (Å²) in [6, 6.07) is 5.64. The molecule has 0 aliphatic heterocycles. The van der Waals surface area contributed by atoms with Gasteiger partial charge >= 0.3 is 5.97 Å². The van der Waals surface area contributed by atoms with Crippen LogP contribution in [-0.2, 0) is 17.3 Å². The van der Waals surface area contributed by atoms with Crippen molar-refractivity contribution in [3.8, 4) is 0 Å². The first-order valence-electron chi connectivity index (χ1n) is 5.51. The molecule has 4 heteroatoms. The second-order valence-electron chi connectivity index (χ2n) is 4.85. The number of benzene rings is 1. The normalized spacial score (nSPS) is 12.0. The van der Waals surface area contributed by atoms with Crippen molar-refractivity contribution in [1.82, 2.24) is 9.55 Å². The lowest BCUT2D eigenvalue weighted by Crippen LogP contribution is -2.28. The molecule has 0 amide bonds. The SMILES string of the molecule is Cc1nc2cc(C(C)(C)C(=O)O)ccc2n1C. The van der Waals surface area contributed by atoms with Crippen LogP contribution < -0.4 is 0 Å². The fourth-order valence-electron chi connectivity index (χ4n) is 1.83. The van der Waals surface area contributed by atoms with Crippen molar-refractivity contribution in [2.45, 2.75) is 26.2 Å². The van der Waals surface area contributed by atoms with E-state index in [-0.39, 0.29) is 0 Å². The monoisotopic (exact) mass is 232 g/mol. The zero-order valence-corrected chi connectivity index (χ0v) is 10.5. The molecule has 90 valence electrons. The number of hydrogen-bond acceptors (Lipinski definition) is 2. The number of fused-ring (bicyclic) bond motifs is 1. The summed E-state index contributed by atoms with van der Waals surface area (Å²) in [6.07, 6.45) is 0. The Hall–Kier alpha value is -1.84. The molecular formula is C13H16N2O2. The standard InChI is InChI=1S/C13H16N2O2/c1-8-14-10-7-9(13(2,3)12(16)17)5-6-11(10)15(8)4/h5-7H,1-4H3,(H,16,17). The summed E-state index contributed by atoms with van der Waals surface area (Å²) in [5.41, 5.74) is 1.75. The highest BCUT2D eigenvalue weighted by molar-refractivity contribution is 5.84. The van der Waals surface area contributed by atoms with Crippen molar-refractivity contribution in [3.05, 3.63) is 29.6 Å². The third kappa shape index (κ3) is 1.69. The summed E-state index contributed by atoms with van der Waals surface area (Å²) < 4.78 is 1.99. The van der Waals surface area contributed by atoms with Crippen molar-refractivity contribution in [2.24, 2.45) is 7.05 Å². The van der Waals surface area contributed by atoms with E-state index in [0.717, 1.165) is 22.4 Å². The largest absolute Gasteiger partial charge is 0.481 e. The highest BCUT2D eigenvalue weighted by Crippen LogP contribution is 2.26. The van der Waals surface area contributed by atoms with Gasteiger partial charge in [-0.15, -0.1) is 0 Å². The Morgan fingerprint density at radius 2 is 2.06 bits per heavy atom. The Kier molecular flexibility index (Phi) is 2.45.